The monoisotopic (exact) mass is 634 g/mol. The van der Waals surface area contributed by atoms with Gasteiger partial charge in [0.25, 0.3) is 13.9 Å². The van der Waals surface area contributed by atoms with Crippen molar-refractivity contribution in [1.82, 2.24) is 9.55 Å². The Morgan fingerprint density at radius 2 is 1.59 bits per heavy atom. The van der Waals surface area contributed by atoms with Crippen LogP contribution >= 0.6 is 12.2 Å². The fraction of sp³-hybridized carbons (Fsp3) is 0.303. The van der Waals surface area contributed by atoms with Crippen molar-refractivity contribution in [2.24, 2.45) is 0 Å². The molecule has 11 heteroatoms. The third kappa shape index (κ3) is 6.60. The van der Waals surface area contributed by atoms with Gasteiger partial charge in [-0.25, -0.2) is 9.18 Å². The van der Waals surface area contributed by atoms with E-state index in [0.29, 0.717) is 11.3 Å². The van der Waals surface area contributed by atoms with Crippen LogP contribution in [0.3, 0.4) is 0 Å². The lowest BCUT2D eigenvalue weighted by molar-refractivity contribution is -0.0423. The van der Waals surface area contributed by atoms with Crippen molar-refractivity contribution < 1.29 is 23.0 Å². The Labute approximate surface area is 261 Å². The topological polar surface area (TPSA) is 91.8 Å². The van der Waals surface area contributed by atoms with Gasteiger partial charge in [0.05, 0.1) is 6.61 Å². The van der Waals surface area contributed by atoms with Crippen LogP contribution in [0.1, 0.15) is 39.0 Å². The van der Waals surface area contributed by atoms with E-state index in [-0.39, 0.29) is 23.3 Å². The molecule has 0 aliphatic carbocycles. The van der Waals surface area contributed by atoms with Crippen molar-refractivity contribution in [3.05, 3.63) is 123 Å². The summed E-state index contributed by atoms with van der Waals surface area (Å²) in [4.78, 5) is 27.2. The average Bonchev–Trinajstić information content (AvgIpc) is 3.38. The Kier molecular flexibility index (Phi) is 9.30. The van der Waals surface area contributed by atoms with Crippen LogP contribution in [0.2, 0.25) is 5.04 Å². The molecule has 0 amide bonds. The standard InChI is InChI=1S/C33H35FN2O6SSi/c1-22-20-36(31(38)35-30(22)37)29-19-27(42-32(43)40-24-17-15-23(34)16-18-24)28(41-29)21-39-44(33(2,3)4,25-11-7-5-8-12-25)26-13-9-6-10-14-26/h5-18,20,27-29H,19,21H2,1-4H3,(H,35,37,38)/t27-,28+,29+/m0/s1. The van der Waals surface area contributed by atoms with Gasteiger partial charge in [0.15, 0.2) is 0 Å². The third-order valence-electron chi connectivity index (χ3n) is 7.78. The number of nitrogens with zero attached hydrogens (tertiary/aromatic N) is 1. The molecule has 1 aliphatic rings. The summed E-state index contributed by atoms with van der Waals surface area (Å²) in [5.74, 6) is -0.0853. The summed E-state index contributed by atoms with van der Waals surface area (Å²) in [5, 5.41) is 1.76. The molecule has 0 unspecified atom stereocenters. The fourth-order valence-corrected chi connectivity index (χ4v) is 10.5. The van der Waals surface area contributed by atoms with Gasteiger partial charge in [0, 0.05) is 30.4 Å². The number of thiocarbonyl (C=S) groups is 1. The minimum Gasteiger partial charge on any atom is -0.450 e. The second-order valence-corrected chi connectivity index (χ2v) is 16.4. The first kappa shape index (κ1) is 31.5. The van der Waals surface area contributed by atoms with Crippen LogP contribution in [0, 0.1) is 12.7 Å². The molecular weight excluding hydrogens is 600 g/mol. The minimum absolute atomic E-state index is 0.130. The van der Waals surface area contributed by atoms with Crippen LogP contribution in [-0.2, 0) is 13.9 Å². The number of nitrogens with one attached hydrogen (secondary N) is 1. The molecule has 1 N–H and O–H groups in total. The van der Waals surface area contributed by atoms with E-state index in [1.54, 1.807) is 6.92 Å². The number of ether oxygens (including phenoxy) is 3. The molecule has 0 spiro atoms. The molecule has 1 aliphatic heterocycles. The first-order chi connectivity index (χ1) is 21.0. The van der Waals surface area contributed by atoms with Crippen molar-refractivity contribution >= 4 is 36.1 Å². The zero-order chi connectivity index (χ0) is 31.5. The zero-order valence-electron chi connectivity index (χ0n) is 25.0. The largest absolute Gasteiger partial charge is 0.450 e. The molecule has 44 heavy (non-hydrogen) atoms. The van der Waals surface area contributed by atoms with Crippen molar-refractivity contribution in [2.75, 3.05) is 6.61 Å². The fourth-order valence-electron chi connectivity index (χ4n) is 5.66. The molecule has 1 saturated heterocycles. The second kappa shape index (κ2) is 13.0. The quantitative estimate of drug-likeness (QED) is 0.224. The van der Waals surface area contributed by atoms with Crippen LogP contribution in [0.15, 0.2) is 101 Å². The Morgan fingerprint density at radius 1 is 1.00 bits per heavy atom. The van der Waals surface area contributed by atoms with Gasteiger partial charge in [0.2, 0.25) is 0 Å². The summed E-state index contributed by atoms with van der Waals surface area (Å²) < 4.78 is 40.1. The van der Waals surface area contributed by atoms with Gasteiger partial charge >= 0.3 is 10.9 Å². The van der Waals surface area contributed by atoms with Gasteiger partial charge in [-0.3, -0.25) is 14.3 Å². The van der Waals surface area contributed by atoms with Crippen molar-refractivity contribution in [3.8, 4) is 5.75 Å². The van der Waals surface area contributed by atoms with Crippen molar-refractivity contribution in [1.29, 1.82) is 0 Å². The summed E-state index contributed by atoms with van der Waals surface area (Å²) in [6.07, 6.45) is -0.375. The predicted molar refractivity (Wildman–Crippen MR) is 173 cm³/mol. The predicted octanol–water partition coefficient (Wildman–Crippen LogP) is 4.60. The lowest BCUT2D eigenvalue weighted by Gasteiger charge is -2.43. The number of hydrogen-bond acceptors (Lipinski definition) is 7. The first-order valence-corrected chi connectivity index (χ1v) is 16.7. The molecule has 4 aromatic rings. The van der Waals surface area contributed by atoms with Gasteiger partial charge in [-0.05, 0) is 46.6 Å². The molecule has 2 heterocycles. The average molecular weight is 635 g/mol. The molecule has 0 saturated carbocycles. The normalized spacial score (nSPS) is 18.6. The highest BCUT2D eigenvalue weighted by molar-refractivity contribution is 7.79. The Balaban J connectivity index is 1.48. The van der Waals surface area contributed by atoms with Crippen LogP contribution in [-0.4, -0.2) is 41.9 Å². The Bertz CT molecular complexity index is 1670. The Morgan fingerprint density at radius 3 is 2.16 bits per heavy atom. The summed E-state index contributed by atoms with van der Waals surface area (Å²) in [6, 6.07) is 25.9. The van der Waals surface area contributed by atoms with Crippen LogP contribution in [0.25, 0.3) is 0 Å². The maximum Gasteiger partial charge on any atom is 0.358 e. The molecule has 3 aromatic carbocycles. The number of rotatable bonds is 8. The highest BCUT2D eigenvalue weighted by Crippen LogP contribution is 2.38. The molecule has 1 aromatic heterocycles. The van der Waals surface area contributed by atoms with Gasteiger partial charge in [-0.2, -0.15) is 0 Å². The number of aromatic amines is 1. The molecule has 8 nitrogen and oxygen atoms in total. The molecule has 0 radical (unpaired) electrons. The lowest BCUT2D eigenvalue weighted by Crippen LogP contribution is -2.67. The number of H-pyrrole nitrogens is 1. The Hall–Kier alpha value is -3.90. The zero-order valence-corrected chi connectivity index (χ0v) is 26.8. The van der Waals surface area contributed by atoms with Gasteiger partial charge in [-0.15, -0.1) is 0 Å². The van der Waals surface area contributed by atoms with E-state index < -0.39 is 43.8 Å². The van der Waals surface area contributed by atoms with E-state index in [9.17, 15) is 14.0 Å². The molecule has 1 fully saturated rings. The highest BCUT2D eigenvalue weighted by atomic mass is 32.1. The van der Waals surface area contributed by atoms with Crippen molar-refractivity contribution in [2.45, 2.75) is 57.6 Å². The van der Waals surface area contributed by atoms with Crippen LogP contribution < -0.4 is 26.4 Å². The summed E-state index contributed by atoms with van der Waals surface area (Å²) in [5.41, 5.74) is -0.687. The van der Waals surface area contributed by atoms with E-state index in [2.05, 4.69) is 50.0 Å². The molecule has 0 bridgehead atoms. The van der Waals surface area contributed by atoms with Gasteiger partial charge in [-0.1, -0.05) is 81.4 Å². The third-order valence-corrected chi connectivity index (χ3v) is 13.0. The van der Waals surface area contributed by atoms with Gasteiger partial charge in [0.1, 0.15) is 30.0 Å². The maximum atomic E-state index is 13.4. The first-order valence-electron chi connectivity index (χ1n) is 14.3. The minimum atomic E-state index is -2.93. The summed E-state index contributed by atoms with van der Waals surface area (Å²) in [6.45, 7) is 8.29. The second-order valence-electron chi connectivity index (χ2n) is 11.8. The SMILES string of the molecule is Cc1cn([C@H]2C[C@H](OC(=S)Oc3ccc(F)cc3)[C@@H](CO[Si](c3ccccc3)(c3ccccc3)C(C)(C)C)O2)c(=O)[nH]c1=O. The summed E-state index contributed by atoms with van der Waals surface area (Å²) in [7, 11) is -2.93. The molecule has 230 valence electrons. The van der Waals surface area contributed by atoms with E-state index in [1.807, 2.05) is 36.4 Å². The summed E-state index contributed by atoms with van der Waals surface area (Å²) >= 11 is 5.41. The molecule has 5 rings (SSSR count). The van der Waals surface area contributed by atoms with Crippen LogP contribution in [0.5, 0.6) is 5.75 Å². The van der Waals surface area contributed by atoms with Crippen LogP contribution in [0.4, 0.5) is 4.39 Å². The van der Waals surface area contributed by atoms with E-state index in [4.69, 9.17) is 30.9 Å². The number of benzene rings is 3. The highest BCUT2D eigenvalue weighted by Gasteiger charge is 2.51. The van der Waals surface area contributed by atoms with Gasteiger partial charge < -0.3 is 18.6 Å². The van der Waals surface area contributed by atoms with Crippen molar-refractivity contribution in [3.63, 3.8) is 0 Å². The number of aryl methyl sites for hydroxylation is 1. The molecular formula is C33H35FN2O6SSi. The lowest BCUT2D eigenvalue weighted by atomic mass is 10.2. The maximum absolute atomic E-state index is 13.4. The number of aromatic nitrogens is 2. The van der Waals surface area contributed by atoms with E-state index in [1.165, 1.54) is 35.0 Å². The smallest absolute Gasteiger partial charge is 0.358 e. The number of hydrogen-bond donors (Lipinski definition) is 1. The number of halogens is 1. The molecule has 3 atom stereocenters. The van der Waals surface area contributed by atoms with E-state index >= 15 is 0 Å². The van der Waals surface area contributed by atoms with E-state index in [0.717, 1.165) is 10.4 Å².